The second-order valence-electron chi connectivity index (χ2n) is 9.05. The van der Waals surface area contributed by atoms with E-state index in [-0.39, 0.29) is 11.1 Å². The molecule has 0 radical (unpaired) electrons. The van der Waals surface area contributed by atoms with Gasteiger partial charge in [-0.25, -0.2) is 19.4 Å². The minimum atomic E-state index is -0.457. The van der Waals surface area contributed by atoms with Crippen LogP contribution in [0.15, 0.2) is 96.1 Å². The molecule has 1 aliphatic heterocycles. The number of nitrogens with zero attached hydrogens (tertiary/aromatic N) is 4. The van der Waals surface area contributed by atoms with E-state index in [2.05, 4.69) is 19.1 Å². The van der Waals surface area contributed by atoms with Crippen LogP contribution in [0.3, 0.4) is 0 Å². The Morgan fingerprint density at radius 2 is 1.65 bits per heavy atom. The third-order valence-electron chi connectivity index (χ3n) is 6.50. The zero-order chi connectivity index (χ0) is 25.5. The molecule has 2 heterocycles. The van der Waals surface area contributed by atoms with E-state index in [4.69, 9.17) is 38.3 Å². The highest BCUT2D eigenvalue weighted by molar-refractivity contribution is 6.31. The summed E-state index contributed by atoms with van der Waals surface area (Å²) >= 11 is 12.3. The van der Waals surface area contributed by atoms with E-state index in [1.54, 1.807) is 12.1 Å². The lowest BCUT2D eigenvalue weighted by molar-refractivity contribution is 0.624. The summed E-state index contributed by atoms with van der Waals surface area (Å²) in [4.78, 5) is 9.90. The van der Waals surface area contributed by atoms with Crippen LogP contribution in [0.1, 0.15) is 29.2 Å². The number of rotatable bonds is 4. The number of para-hydroxylation sites is 1. The van der Waals surface area contributed by atoms with Crippen molar-refractivity contribution in [2.24, 2.45) is 5.10 Å². The predicted octanol–water partition coefficient (Wildman–Crippen LogP) is 8.41. The molecule has 1 aromatic heterocycles. The molecule has 5 aromatic rings. The summed E-state index contributed by atoms with van der Waals surface area (Å²) in [6.45, 7) is 2.05. The first kappa shape index (κ1) is 23.6. The molecule has 0 amide bonds. The van der Waals surface area contributed by atoms with Gasteiger partial charge in [0.15, 0.2) is 0 Å². The maximum Gasteiger partial charge on any atom is 0.247 e. The van der Waals surface area contributed by atoms with Gasteiger partial charge < -0.3 is 0 Å². The van der Waals surface area contributed by atoms with Crippen molar-refractivity contribution in [3.8, 4) is 11.3 Å². The molecule has 1 aliphatic rings. The van der Waals surface area contributed by atoms with Gasteiger partial charge in [0, 0.05) is 22.4 Å². The zero-order valence-electron chi connectivity index (χ0n) is 19.9. The third kappa shape index (κ3) is 4.57. The van der Waals surface area contributed by atoms with Crippen LogP contribution >= 0.6 is 23.2 Å². The normalized spacial score (nSPS) is 15.3. The Balaban J connectivity index is 1.53. The molecule has 0 saturated carbocycles. The molecular weight excluding hydrogens is 506 g/mol. The highest BCUT2D eigenvalue weighted by Gasteiger charge is 2.32. The molecule has 0 aliphatic carbocycles. The van der Waals surface area contributed by atoms with Crippen molar-refractivity contribution in [3.05, 3.63) is 124 Å². The summed E-state index contributed by atoms with van der Waals surface area (Å²) in [6.07, 6.45) is 0.595. The number of aromatic nitrogens is 2. The van der Waals surface area contributed by atoms with Crippen LogP contribution < -0.4 is 5.01 Å². The van der Waals surface area contributed by atoms with E-state index in [0.29, 0.717) is 17.4 Å². The number of halogens is 3. The van der Waals surface area contributed by atoms with Crippen LogP contribution in [-0.4, -0.2) is 15.7 Å². The Morgan fingerprint density at radius 1 is 0.838 bits per heavy atom. The molecule has 37 heavy (non-hydrogen) atoms. The standard InChI is InChI=1S/C30H21Cl2FN4/c1-18-5-4-6-20(15-18)27-17-28(21-11-14-25(33)24(32)16-21)37(36-27)30-34-26-8-3-2-7-23(26)29(35-30)19-9-12-22(31)13-10-19/h2-16,28H,17H2,1H3. The van der Waals surface area contributed by atoms with Crippen molar-refractivity contribution in [1.29, 1.82) is 0 Å². The largest absolute Gasteiger partial charge is 0.247 e. The van der Waals surface area contributed by atoms with E-state index < -0.39 is 5.82 Å². The number of hydrogen-bond donors (Lipinski definition) is 0. The lowest BCUT2D eigenvalue weighted by Gasteiger charge is -2.23. The summed E-state index contributed by atoms with van der Waals surface area (Å²) in [5, 5.41) is 8.48. The van der Waals surface area contributed by atoms with Gasteiger partial charge in [-0.2, -0.15) is 5.10 Å². The Kier molecular flexibility index (Phi) is 6.11. The molecule has 0 fully saturated rings. The zero-order valence-corrected chi connectivity index (χ0v) is 21.4. The van der Waals surface area contributed by atoms with E-state index in [1.807, 2.05) is 65.7 Å². The topological polar surface area (TPSA) is 41.4 Å². The summed E-state index contributed by atoms with van der Waals surface area (Å²) in [5.74, 6) is -0.00137. The molecule has 7 heteroatoms. The first-order valence-corrected chi connectivity index (χ1v) is 12.6. The highest BCUT2D eigenvalue weighted by atomic mass is 35.5. The van der Waals surface area contributed by atoms with E-state index in [0.717, 1.165) is 44.6 Å². The van der Waals surface area contributed by atoms with Gasteiger partial charge in [-0.1, -0.05) is 89.4 Å². The van der Waals surface area contributed by atoms with Gasteiger partial charge in [-0.3, -0.25) is 0 Å². The van der Waals surface area contributed by atoms with E-state index in [9.17, 15) is 4.39 Å². The fraction of sp³-hybridized carbons (Fsp3) is 0.100. The van der Waals surface area contributed by atoms with Gasteiger partial charge in [0.25, 0.3) is 0 Å². The molecule has 6 rings (SSSR count). The maximum atomic E-state index is 14.0. The number of hydrogen-bond acceptors (Lipinski definition) is 4. The maximum absolute atomic E-state index is 14.0. The Labute approximate surface area is 224 Å². The molecule has 4 aromatic carbocycles. The lowest BCUT2D eigenvalue weighted by Crippen LogP contribution is -2.21. The van der Waals surface area contributed by atoms with E-state index >= 15 is 0 Å². The van der Waals surface area contributed by atoms with Crippen molar-refractivity contribution < 1.29 is 4.39 Å². The first-order chi connectivity index (χ1) is 18.0. The van der Waals surface area contributed by atoms with Crippen molar-refractivity contribution in [1.82, 2.24) is 9.97 Å². The minimum absolute atomic E-state index is 0.0720. The molecule has 0 spiro atoms. The molecule has 1 unspecified atom stereocenters. The summed E-state index contributed by atoms with van der Waals surface area (Å²) in [6, 6.07) is 28.2. The fourth-order valence-electron chi connectivity index (χ4n) is 4.67. The van der Waals surface area contributed by atoms with Crippen LogP contribution in [0, 0.1) is 12.7 Å². The molecule has 0 saturated heterocycles. The number of hydrazone groups is 1. The summed E-state index contributed by atoms with van der Waals surface area (Å²) < 4.78 is 14.0. The average Bonchev–Trinajstić information content (AvgIpc) is 3.36. The van der Waals surface area contributed by atoms with Crippen molar-refractivity contribution >= 4 is 45.8 Å². The molecule has 4 nitrogen and oxygen atoms in total. The van der Waals surface area contributed by atoms with Crippen LogP contribution in [0.25, 0.3) is 22.2 Å². The minimum Gasteiger partial charge on any atom is -0.223 e. The SMILES string of the molecule is Cc1cccc(C2=NN(c3nc(-c4ccc(Cl)cc4)c4ccccc4n3)C(c3ccc(F)c(Cl)c3)C2)c1. The van der Waals surface area contributed by atoms with Crippen molar-refractivity contribution in [2.45, 2.75) is 19.4 Å². The Morgan fingerprint density at radius 3 is 2.43 bits per heavy atom. The van der Waals surface area contributed by atoms with Gasteiger partial charge in [0.2, 0.25) is 5.95 Å². The van der Waals surface area contributed by atoms with Crippen molar-refractivity contribution in [2.75, 3.05) is 5.01 Å². The molecule has 182 valence electrons. The van der Waals surface area contributed by atoms with Gasteiger partial charge in [0.1, 0.15) is 5.82 Å². The van der Waals surface area contributed by atoms with Gasteiger partial charge in [0.05, 0.1) is 28.0 Å². The van der Waals surface area contributed by atoms with Crippen LogP contribution in [0.4, 0.5) is 10.3 Å². The van der Waals surface area contributed by atoms with Gasteiger partial charge in [-0.15, -0.1) is 0 Å². The monoisotopic (exact) mass is 526 g/mol. The Bertz CT molecular complexity index is 1670. The lowest BCUT2D eigenvalue weighted by atomic mass is 9.97. The molecule has 1 atom stereocenters. The van der Waals surface area contributed by atoms with Crippen LogP contribution in [0.5, 0.6) is 0 Å². The predicted molar refractivity (Wildman–Crippen MR) is 149 cm³/mol. The van der Waals surface area contributed by atoms with Crippen LogP contribution in [0.2, 0.25) is 10.0 Å². The average molecular weight is 527 g/mol. The van der Waals surface area contributed by atoms with E-state index in [1.165, 1.54) is 6.07 Å². The summed E-state index contributed by atoms with van der Waals surface area (Å²) in [7, 11) is 0. The molecule has 0 N–H and O–H groups in total. The summed E-state index contributed by atoms with van der Waals surface area (Å²) in [5.41, 5.74) is 6.42. The van der Waals surface area contributed by atoms with Crippen molar-refractivity contribution in [3.63, 3.8) is 0 Å². The number of fused-ring (bicyclic) bond motifs is 1. The van der Waals surface area contributed by atoms with Gasteiger partial charge >= 0.3 is 0 Å². The number of aryl methyl sites for hydroxylation is 1. The first-order valence-electron chi connectivity index (χ1n) is 11.9. The molecular formula is C30H21Cl2FN4. The quantitative estimate of drug-likeness (QED) is 0.236. The fourth-order valence-corrected chi connectivity index (χ4v) is 4.98. The second kappa shape index (κ2) is 9.58. The number of benzene rings is 4. The third-order valence-corrected chi connectivity index (χ3v) is 7.05. The molecule has 0 bridgehead atoms. The highest BCUT2D eigenvalue weighted by Crippen LogP contribution is 2.38. The van der Waals surface area contributed by atoms with Crippen LogP contribution in [-0.2, 0) is 0 Å². The Hall–Kier alpha value is -3.80. The van der Waals surface area contributed by atoms with Gasteiger partial charge in [-0.05, 0) is 48.4 Å². The smallest absolute Gasteiger partial charge is 0.223 e. The number of anilines is 1. The second-order valence-corrected chi connectivity index (χ2v) is 9.89.